The number of nitrogens with zero attached hydrogens (tertiary/aromatic N) is 1. The Kier molecular flexibility index (Phi) is 12.4. The number of hydrogen-bond donors (Lipinski definition) is 2. The van der Waals surface area contributed by atoms with E-state index in [-0.39, 0.29) is 12.3 Å². The van der Waals surface area contributed by atoms with Crippen molar-refractivity contribution in [1.29, 1.82) is 0 Å². The molecule has 9 heteroatoms. The molecule has 0 fully saturated rings. The molecule has 1 amide bonds. The lowest BCUT2D eigenvalue weighted by molar-refractivity contribution is -0.139. The summed E-state index contributed by atoms with van der Waals surface area (Å²) in [5.74, 6) is -0.866. The molecular weight excluding hydrogens is 556 g/mol. The second-order valence-corrected chi connectivity index (χ2v) is 13.2. The molecule has 0 bridgehead atoms. The van der Waals surface area contributed by atoms with Gasteiger partial charge in [0.15, 0.2) is 0 Å². The molecule has 0 heterocycles. The maximum absolute atomic E-state index is 13.4. The lowest BCUT2D eigenvalue weighted by Crippen LogP contribution is -2.41. The van der Waals surface area contributed by atoms with Gasteiger partial charge in [0.2, 0.25) is 10.0 Å². The van der Waals surface area contributed by atoms with Crippen LogP contribution in [-0.4, -0.2) is 60.1 Å². The van der Waals surface area contributed by atoms with Crippen molar-refractivity contribution in [2.75, 3.05) is 24.3 Å². The minimum Gasteiger partial charge on any atom is -0.480 e. The first kappa shape index (κ1) is 32.4. The number of thioether (sulfide) groups is 1. The molecular formula is C32H40N2O5S2. The highest BCUT2D eigenvalue weighted by atomic mass is 32.2. The number of sulfonamides is 1. The number of carbonyl (C=O) groups excluding carboxylic acids is 1. The molecule has 0 radical (unpaired) electrons. The van der Waals surface area contributed by atoms with Gasteiger partial charge in [0, 0.05) is 18.7 Å². The van der Waals surface area contributed by atoms with E-state index in [2.05, 4.69) is 5.32 Å². The van der Waals surface area contributed by atoms with E-state index in [1.807, 2.05) is 80.8 Å². The van der Waals surface area contributed by atoms with Crippen LogP contribution in [0.4, 0.5) is 0 Å². The van der Waals surface area contributed by atoms with Crippen molar-refractivity contribution >= 4 is 33.7 Å². The zero-order valence-corrected chi connectivity index (χ0v) is 25.6. The fourth-order valence-corrected chi connectivity index (χ4v) is 6.69. The number of rotatable bonds is 16. The van der Waals surface area contributed by atoms with Crippen LogP contribution >= 0.6 is 11.8 Å². The molecule has 2 N–H and O–H groups in total. The zero-order chi connectivity index (χ0) is 29.8. The van der Waals surface area contributed by atoms with Gasteiger partial charge in [-0.2, -0.15) is 16.1 Å². The van der Waals surface area contributed by atoms with Crippen LogP contribution in [-0.2, 0) is 27.8 Å². The maximum Gasteiger partial charge on any atom is 0.326 e. The molecule has 1 unspecified atom stereocenters. The zero-order valence-electron chi connectivity index (χ0n) is 24.0. The second kappa shape index (κ2) is 15.7. The van der Waals surface area contributed by atoms with Gasteiger partial charge in [-0.1, -0.05) is 74.0 Å². The molecule has 3 aromatic carbocycles. The Morgan fingerprint density at radius 1 is 0.976 bits per heavy atom. The molecule has 41 heavy (non-hydrogen) atoms. The van der Waals surface area contributed by atoms with Gasteiger partial charge in [-0.15, -0.1) is 0 Å². The summed E-state index contributed by atoms with van der Waals surface area (Å²) in [5, 5.41) is 12.3. The Balaban J connectivity index is 1.98. The lowest BCUT2D eigenvalue weighted by atomic mass is 9.93. The third kappa shape index (κ3) is 9.45. The number of carboxylic acids is 1. The van der Waals surface area contributed by atoms with Crippen LogP contribution in [0.1, 0.15) is 53.2 Å². The summed E-state index contributed by atoms with van der Waals surface area (Å²) >= 11 is 1.52. The van der Waals surface area contributed by atoms with Crippen LogP contribution in [0.25, 0.3) is 11.1 Å². The van der Waals surface area contributed by atoms with Crippen molar-refractivity contribution in [2.45, 2.75) is 52.1 Å². The monoisotopic (exact) mass is 596 g/mol. The molecule has 1 atom stereocenters. The predicted octanol–water partition coefficient (Wildman–Crippen LogP) is 5.77. The highest BCUT2D eigenvalue weighted by molar-refractivity contribution is 7.98. The van der Waals surface area contributed by atoms with E-state index in [9.17, 15) is 23.1 Å². The SMILES string of the molecule is CCCCS(=O)(=O)N(CCc1ccccc1)Cc1ccc(C(=O)NC(CCSC)C(=O)O)c(-c2ccccc2C)c1. The normalized spacial score (nSPS) is 12.3. The van der Waals surface area contributed by atoms with Gasteiger partial charge in [0.1, 0.15) is 6.04 Å². The summed E-state index contributed by atoms with van der Waals surface area (Å²) in [6.45, 7) is 4.43. The Labute approximate surface area is 248 Å². The third-order valence-electron chi connectivity index (χ3n) is 6.98. The summed E-state index contributed by atoms with van der Waals surface area (Å²) in [6.07, 6.45) is 4.15. The minimum atomic E-state index is -3.51. The van der Waals surface area contributed by atoms with E-state index in [0.717, 1.165) is 28.7 Å². The quantitative estimate of drug-likeness (QED) is 0.218. The summed E-state index contributed by atoms with van der Waals surface area (Å²) in [4.78, 5) is 25.2. The second-order valence-electron chi connectivity index (χ2n) is 10.1. The Hall–Kier alpha value is -3.14. The van der Waals surface area contributed by atoms with Crippen LogP contribution in [0.5, 0.6) is 0 Å². The van der Waals surface area contributed by atoms with E-state index in [4.69, 9.17) is 0 Å². The average Bonchev–Trinajstić information content (AvgIpc) is 2.96. The van der Waals surface area contributed by atoms with Gasteiger partial charge in [-0.25, -0.2) is 13.2 Å². The Morgan fingerprint density at radius 3 is 2.34 bits per heavy atom. The van der Waals surface area contributed by atoms with Gasteiger partial charge in [-0.05, 0) is 78.1 Å². The van der Waals surface area contributed by atoms with Crippen LogP contribution in [0.2, 0.25) is 0 Å². The smallest absolute Gasteiger partial charge is 0.326 e. The van der Waals surface area contributed by atoms with Gasteiger partial charge in [0.25, 0.3) is 5.91 Å². The number of carboxylic acid groups (broad SMARTS) is 1. The highest BCUT2D eigenvalue weighted by Gasteiger charge is 2.25. The Bertz CT molecular complexity index is 1410. The fourth-order valence-electron chi connectivity index (χ4n) is 4.59. The fraction of sp³-hybridized carbons (Fsp3) is 0.375. The van der Waals surface area contributed by atoms with Crippen LogP contribution in [0.3, 0.4) is 0 Å². The van der Waals surface area contributed by atoms with E-state index in [1.165, 1.54) is 16.1 Å². The molecule has 0 aliphatic rings. The highest BCUT2D eigenvalue weighted by Crippen LogP contribution is 2.29. The van der Waals surface area contributed by atoms with Crippen LogP contribution in [0.15, 0.2) is 72.8 Å². The number of benzene rings is 3. The van der Waals surface area contributed by atoms with Crippen molar-refractivity contribution in [3.05, 3.63) is 95.1 Å². The summed E-state index contributed by atoms with van der Waals surface area (Å²) in [5.41, 5.74) is 4.59. The van der Waals surface area contributed by atoms with Crippen LogP contribution in [0, 0.1) is 6.92 Å². The number of nitrogens with one attached hydrogen (secondary N) is 1. The summed E-state index contributed by atoms with van der Waals surface area (Å²) in [7, 11) is -3.51. The average molecular weight is 597 g/mol. The lowest BCUT2D eigenvalue weighted by Gasteiger charge is -2.23. The first-order chi connectivity index (χ1) is 19.7. The predicted molar refractivity (Wildman–Crippen MR) is 168 cm³/mol. The first-order valence-corrected chi connectivity index (χ1v) is 16.9. The third-order valence-corrected chi connectivity index (χ3v) is 9.53. The molecule has 0 aliphatic heterocycles. The molecule has 0 spiro atoms. The molecule has 0 saturated heterocycles. The molecule has 3 rings (SSSR count). The summed E-state index contributed by atoms with van der Waals surface area (Å²) in [6, 6.07) is 21.8. The first-order valence-electron chi connectivity index (χ1n) is 13.9. The number of hydrogen-bond acceptors (Lipinski definition) is 5. The maximum atomic E-state index is 13.4. The number of carbonyl (C=O) groups is 2. The van der Waals surface area contributed by atoms with Crippen molar-refractivity contribution in [1.82, 2.24) is 9.62 Å². The van der Waals surface area contributed by atoms with Crippen molar-refractivity contribution in [2.24, 2.45) is 0 Å². The molecule has 0 aromatic heterocycles. The summed E-state index contributed by atoms with van der Waals surface area (Å²) < 4.78 is 28.3. The van der Waals surface area contributed by atoms with Crippen molar-refractivity contribution in [3.8, 4) is 11.1 Å². The van der Waals surface area contributed by atoms with Crippen molar-refractivity contribution in [3.63, 3.8) is 0 Å². The number of amides is 1. The van der Waals surface area contributed by atoms with E-state index in [1.54, 1.807) is 12.1 Å². The topological polar surface area (TPSA) is 104 Å². The number of aliphatic carboxylic acids is 1. The molecule has 7 nitrogen and oxygen atoms in total. The molecule has 3 aromatic rings. The van der Waals surface area contributed by atoms with Gasteiger partial charge >= 0.3 is 5.97 Å². The minimum absolute atomic E-state index is 0.0794. The Morgan fingerprint density at radius 2 is 1.68 bits per heavy atom. The van der Waals surface area contributed by atoms with Gasteiger partial charge in [-0.3, -0.25) is 4.79 Å². The molecule has 0 aliphatic carbocycles. The van der Waals surface area contributed by atoms with Gasteiger partial charge in [0.05, 0.1) is 5.75 Å². The standard InChI is InChI=1S/C32H40N2O5S2/c1-4-5-21-41(38,39)34(19-17-25-12-7-6-8-13-25)23-26-15-16-28(29(22-26)27-14-10-9-11-24(27)2)31(35)33-30(32(36)37)18-20-40-3/h6-16,22,30H,4-5,17-21,23H2,1-3H3,(H,33,35)(H,36,37). The molecule has 0 saturated carbocycles. The van der Waals surface area contributed by atoms with E-state index >= 15 is 0 Å². The number of aryl methyl sites for hydroxylation is 1. The molecule has 220 valence electrons. The van der Waals surface area contributed by atoms with Crippen molar-refractivity contribution < 1.29 is 23.1 Å². The van der Waals surface area contributed by atoms with Crippen LogP contribution < -0.4 is 5.32 Å². The number of unbranched alkanes of at least 4 members (excludes halogenated alkanes) is 1. The van der Waals surface area contributed by atoms with Gasteiger partial charge < -0.3 is 10.4 Å². The largest absolute Gasteiger partial charge is 0.480 e. The van der Waals surface area contributed by atoms with E-state index < -0.39 is 27.9 Å². The van der Waals surface area contributed by atoms with E-state index in [0.29, 0.717) is 42.7 Å².